The zero-order valence-electron chi connectivity index (χ0n) is 13.9. The molecule has 0 bridgehead atoms. The largest absolute Gasteiger partial charge is 0.449 e. The first-order valence-electron chi connectivity index (χ1n) is 8.55. The van der Waals surface area contributed by atoms with Crippen molar-refractivity contribution in [2.45, 2.75) is 19.4 Å². The molecule has 0 spiro atoms. The Morgan fingerprint density at radius 3 is 2.54 bits per heavy atom. The van der Waals surface area contributed by atoms with E-state index >= 15 is 0 Å². The fourth-order valence-electron chi connectivity index (χ4n) is 3.14. The van der Waals surface area contributed by atoms with Gasteiger partial charge in [0.1, 0.15) is 0 Å². The fraction of sp³-hybridized carbons (Fsp3) is 0.350. The van der Waals surface area contributed by atoms with E-state index in [-0.39, 0.29) is 6.09 Å². The molecule has 2 aromatic rings. The number of nitrogens with zero attached hydrogens (tertiary/aromatic N) is 1. The number of carbonyl (C=O) groups is 1. The molecule has 1 saturated heterocycles. The Morgan fingerprint density at radius 2 is 1.79 bits per heavy atom. The lowest BCUT2D eigenvalue weighted by Crippen LogP contribution is -2.37. The van der Waals surface area contributed by atoms with E-state index in [0.717, 1.165) is 38.2 Å². The molecule has 0 radical (unpaired) electrons. The zero-order chi connectivity index (χ0) is 16.6. The van der Waals surface area contributed by atoms with Crippen molar-refractivity contribution in [3.8, 4) is 0 Å². The van der Waals surface area contributed by atoms with Crippen LogP contribution in [0.4, 0.5) is 10.5 Å². The SMILES string of the molecule is O=C(Nc1ccccc1)OCC1CCCN(Cc2ccccc2)C1. The molecule has 0 aromatic heterocycles. The molecule has 1 fully saturated rings. The van der Waals surface area contributed by atoms with Crippen molar-refractivity contribution in [1.29, 1.82) is 0 Å². The number of nitrogens with one attached hydrogen (secondary N) is 1. The van der Waals surface area contributed by atoms with Crippen LogP contribution in [0.15, 0.2) is 60.7 Å². The number of anilines is 1. The molecule has 1 heterocycles. The number of ether oxygens (including phenoxy) is 1. The van der Waals surface area contributed by atoms with Crippen molar-refractivity contribution in [3.05, 3.63) is 66.2 Å². The minimum Gasteiger partial charge on any atom is -0.449 e. The number of rotatable bonds is 5. The van der Waals surface area contributed by atoms with E-state index in [0.29, 0.717) is 12.5 Å². The Hall–Kier alpha value is -2.33. The first-order valence-corrected chi connectivity index (χ1v) is 8.55. The maximum absolute atomic E-state index is 11.9. The van der Waals surface area contributed by atoms with Crippen LogP contribution in [0.1, 0.15) is 18.4 Å². The average molecular weight is 324 g/mol. The standard InChI is InChI=1S/C20H24N2O2/c23-20(21-19-11-5-2-6-12-19)24-16-18-10-7-13-22(15-18)14-17-8-3-1-4-9-17/h1-6,8-9,11-12,18H,7,10,13-16H2,(H,21,23). The molecular weight excluding hydrogens is 300 g/mol. The third kappa shape index (κ3) is 5.10. The second-order valence-corrected chi connectivity index (χ2v) is 6.32. The maximum Gasteiger partial charge on any atom is 0.411 e. The second kappa shape index (κ2) is 8.50. The van der Waals surface area contributed by atoms with E-state index in [1.54, 1.807) is 0 Å². The molecule has 4 nitrogen and oxygen atoms in total. The van der Waals surface area contributed by atoms with Crippen LogP contribution in [0, 0.1) is 5.92 Å². The molecule has 3 rings (SSSR count). The van der Waals surface area contributed by atoms with E-state index in [1.165, 1.54) is 5.56 Å². The van der Waals surface area contributed by atoms with Crippen molar-refractivity contribution in [2.24, 2.45) is 5.92 Å². The minimum absolute atomic E-state index is 0.374. The van der Waals surface area contributed by atoms with Gasteiger partial charge >= 0.3 is 6.09 Å². The highest BCUT2D eigenvalue weighted by atomic mass is 16.5. The molecule has 1 atom stereocenters. The smallest absolute Gasteiger partial charge is 0.411 e. The molecular formula is C20H24N2O2. The Balaban J connectivity index is 1.43. The van der Waals surface area contributed by atoms with Gasteiger partial charge in [0.15, 0.2) is 0 Å². The minimum atomic E-state index is -0.374. The maximum atomic E-state index is 11.9. The van der Waals surface area contributed by atoms with Crippen LogP contribution >= 0.6 is 0 Å². The van der Waals surface area contributed by atoms with Gasteiger partial charge in [0.25, 0.3) is 0 Å². The first-order chi connectivity index (χ1) is 11.8. The number of hydrogen-bond donors (Lipinski definition) is 1. The average Bonchev–Trinajstić information content (AvgIpc) is 2.62. The van der Waals surface area contributed by atoms with E-state index in [2.05, 4.69) is 34.5 Å². The molecule has 1 N–H and O–H groups in total. The van der Waals surface area contributed by atoms with E-state index in [9.17, 15) is 4.79 Å². The molecule has 1 unspecified atom stereocenters. The molecule has 1 amide bonds. The van der Waals surface area contributed by atoms with Crippen molar-refractivity contribution in [1.82, 2.24) is 4.90 Å². The van der Waals surface area contributed by atoms with E-state index in [1.807, 2.05) is 36.4 Å². The highest BCUT2D eigenvalue weighted by Crippen LogP contribution is 2.19. The van der Waals surface area contributed by atoms with E-state index < -0.39 is 0 Å². The van der Waals surface area contributed by atoms with Gasteiger partial charge in [-0.1, -0.05) is 48.5 Å². The van der Waals surface area contributed by atoms with Crippen LogP contribution in [-0.2, 0) is 11.3 Å². The number of para-hydroxylation sites is 1. The summed E-state index contributed by atoms with van der Waals surface area (Å²) in [5.74, 6) is 0.406. The molecule has 0 saturated carbocycles. The van der Waals surface area contributed by atoms with Crippen molar-refractivity contribution >= 4 is 11.8 Å². The number of benzene rings is 2. The normalized spacial score (nSPS) is 18.1. The molecule has 126 valence electrons. The number of piperidine rings is 1. The van der Waals surface area contributed by atoms with Gasteiger partial charge in [-0.05, 0) is 37.1 Å². The van der Waals surface area contributed by atoms with Gasteiger partial charge in [0.2, 0.25) is 0 Å². The Bertz CT molecular complexity index is 631. The number of carbonyl (C=O) groups excluding carboxylic acids is 1. The Morgan fingerprint density at radius 1 is 1.08 bits per heavy atom. The van der Waals surface area contributed by atoms with Crippen molar-refractivity contribution in [2.75, 3.05) is 25.0 Å². The Labute approximate surface area is 143 Å². The van der Waals surface area contributed by atoms with E-state index in [4.69, 9.17) is 4.74 Å². The predicted molar refractivity (Wildman–Crippen MR) is 95.9 cm³/mol. The molecule has 1 aliphatic heterocycles. The summed E-state index contributed by atoms with van der Waals surface area (Å²) in [6, 6.07) is 19.9. The highest BCUT2D eigenvalue weighted by Gasteiger charge is 2.21. The molecule has 24 heavy (non-hydrogen) atoms. The van der Waals surface area contributed by atoms with Crippen LogP contribution in [0.2, 0.25) is 0 Å². The summed E-state index contributed by atoms with van der Waals surface area (Å²) in [4.78, 5) is 14.3. The van der Waals surface area contributed by atoms with Gasteiger partial charge in [-0.15, -0.1) is 0 Å². The molecule has 1 aliphatic rings. The van der Waals surface area contributed by atoms with Gasteiger partial charge in [-0.2, -0.15) is 0 Å². The fourth-order valence-corrected chi connectivity index (χ4v) is 3.14. The van der Waals surface area contributed by atoms with Gasteiger partial charge in [-0.3, -0.25) is 10.2 Å². The van der Waals surface area contributed by atoms with Crippen molar-refractivity contribution < 1.29 is 9.53 Å². The first kappa shape index (κ1) is 16.5. The van der Waals surface area contributed by atoms with Crippen molar-refractivity contribution in [3.63, 3.8) is 0 Å². The summed E-state index contributed by atoms with van der Waals surface area (Å²) in [5.41, 5.74) is 2.10. The van der Waals surface area contributed by atoms with Crippen LogP contribution in [-0.4, -0.2) is 30.7 Å². The quantitative estimate of drug-likeness (QED) is 0.898. The lowest BCUT2D eigenvalue weighted by atomic mass is 9.98. The molecule has 4 heteroatoms. The highest BCUT2D eigenvalue weighted by molar-refractivity contribution is 5.84. The third-order valence-corrected chi connectivity index (χ3v) is 4.32. The summed E-state index contributed by atoms with van der Waals surface area (Å²) < 4.78 is 5.41. The second-order valence-electron chi connectivity index (χ2n) is 6.32. The third-order valence-electron chi connectivity index (χ3n) is 4.32. The van der Waals surface area contributed by atoms with Gasteiger partial charge in [0, 0.05) is 24.7 Å². The summed E-state index contributed by atoms with van der Waals surface area (Å²) in [5, 5.41) is 2.76. The topological polar surface area (TPSA) is 41.6 Å². The predicted octanol–water partition coefficient (Wildman–Crippen LogP) is 4.15. The van der Waals surface area contributed by atoms with Gasteiger partial charge < -0.3 is 4.74 Å². The summed E-state index contributed by atoms with van der Waals surface area (Å²) in [7, 11) is 0. The summed E-state index contributed by atoms with van der Waals surface area (Å²) >= 11 is 0. The number of likely N-dealkylation sites (tertiary alicyclic amines) is 1. The van der Waals surface area contributed by atoms with Gasteiger partial charge in [-0.25, -0.2) is 4.79 Å². The van der Waals surface area contributed by atoms with Crippen LogP contribution < -0.4 is 5.32 Å². The molecule has 2 aromatic carbocycles. The zero-order valence-corrected chi connectivity index (χ0v) is 13.9. The van der Waals surface area contributed by atoms with Crippen LogP contribution in [0.3, 0.4) is 0 Å². The van der Waals surface area contributed by atoms with Crippen LogP contribution in [0.5, 0.6) is 0 Å². The summed E-state index contributed by atoms with van der Waals surface area (Å²) in [6.07, 6.45) is 1.90. The number of hydrogen-bond acceptors (Lipinski definition) is 3. The lowest BCUT2D eigenvalue weighted by molar-refractivity contribution is 0.0944. The molecule has 0 aliphatic carbocycles. The summed E-state index contributed by atoms with van der Waals surface area (Å²) in [6.45, 7) is 3.53. The number of amides is 1. The Kier molecular flexibility index (Phi) is 5.85. The van der Waals surface area contributed by atoms with Gasteiger partial charge in [0.05, 0.1) is 6.61 Å². The monoisotopic (exact) mass is 324 g/mol. The van der Waals surface area contributed by atoms with Crippen LogP contribution in [0.25, 0.3) is 0 Å². The lowest BCUT2D eigenvalue weighted by Gasteiger charge is -2.32.